The van der Waals surface area contributed by atoms with E-state index < -0.39 is 0 Å². The van der Waals surface area contributed by atoms with E-state index in [2.05, 4.69) is 38.1 Å². The Bertz CT molecular complexity index is 294. The fourth-order valence-electron chi connectivity index (χ4n) is 1.98. The van der Waals surface area contributed by atoms with Crippen LogP contribution < -0.4 is 0 Å². The molecule has 0 amide bonds. The van der Waals surface area contributed by atoms with Crippen molar-refractivity contribution in [2.24, 2.45) is 16.8 Å². The van der Waals surface area contributed by atoms with E-state index in [9.17, 15) is 0 Å². The zero-order valence-electron chi connectivity index (χ0n) is 9.87. The number of allylic oxidation sites excluding steroid dienone is 4. The first kappa shape index (κ1) is 12.0. The Hall–Kier alpha value is -1.11. The van der Waals surface area contributed by atoms with E-state index in [1.807, 2.05) is 12.3 Å². The summed E-state index contributed by atoms with van der Waals surface area (Å²) in [5, 5.41) is 0. The Labute approximate surface area is 93.3 Å². The Kier molecular flexibility index (Phi) is 4.54. The fourth-order valence-corrected chi connectivity index (χ4v) is 1.98. The minimum atomic E-state index is 0.598. The van der Waals surface area contributed by atoms with Crippen molar-refractivity contribution < 1.29 is 0 Å². The van der Waals surface area contributed by atoms with Gasteiger partial charge < -0.3 is 0 Å². The van der Waals surface area contributed by atoms with Gasteiger partial charge >= 0.3 is 0 Å². The molecule has 1 aliphatic heterocycles. The van der Waals surface area contributed by atoms with Crippen LogP contribution in [0, 0.1) is 11.8 Å². The molecule has 0 aromatic rings. The summed E-state index contributed by atoms with van der Waals surface area (Å²) in [5.74, 6) is 1.26. The number of rotatable bonds is 1. The summed E-state index contributed by atoms with van der Waals surface area (Å²) in [5.41, 5.74) is 2.21. The second kappa shape index (κ2) is 5.69. The van der Waals surface area contributed by atoms with Crippen LogP contribution in [0.25, 0.3) is 0 Å². The molecule has 15 heavy (non-hydrogen) atoms. The SMILES string of the molecule is C=C1CCCC(C(C)C)C(=C)/C=C\C=N/1. The minimum Gasteiger partial charge on any atom is -0.262 e. The molecule has 1 unspecified atom stereocenters. The number of nitrogens with zero attached hydrogens (tertiary/aromatic N) is 1. The lowest BCUT2D eigenvalue weighted by atomic mass is 9.84. The molecule has 0 fully saturated rings. The average Bonchev–Trinajstić information content (AvgIpc) is 2.18. The van der Waals surface area contributed by atoms with Gasteiger partial charge in [-0.15, -0.1) is 0 Å². The molecule has 1 nitrogen and oxygen atoms in total. The van der Waals surface area contributed by atoms with Crippen LogP contribution in [0.15, 0.2) is 41.6 Å². The maximum Gasteiger partial charge on any atom is 0.0331 e. The van der Waals surface area contributed by atoms with Crippen molar-refractivity contribution in [2.45, 2.75) is 33.1 Å². The molecule has 1 heteroatoms. The van der Waals surface area contributed by atoms with Gasteiger partial charge in [-0.25, -0.2) is 0 Å². The monoisotopic (exact) mass is 203 g/mol. The Morgan fingerprint density at radius 2 is 2.13 bits per heavy atom. The van der Waals surface area contributed by atoms with Crippen LogP contribution in [0.5, 0.6) is 0 Å². The molecule has 1 atom stereocenters. The van der Waals surface area contributed by atoms with Gasteiger partial charge in [0.15, 0.2) is 0 Å². The van der Waals surface area contributed by atoms with Gasteiger partial charge in [-0.2, -0.15) is 0 Å². The highest BCUT2D eigenvalue weighted by Crippen LogP contribution is 2.27. The van der Waals surface area contributed by atoms with Crippen LogP contribution >= 0.6 is 0 Å². The largest absolute Gasteiger partial charge is 0.262 e. The van der Waals surface area contributed by atoms with Crippen LogP contribution in [0.2, 0.25) is 0 Å². The maximum atomic E-state index is 4.24. The average molecular weight is 203 g/mol. The van der Waals surface area contributed by atoms with Crippen LogP contribution in [0.1, 0.15) is 33.1 Å². The van der Waals surface area contributed by atoms with Gasteiger partial charge in [0, 0.05) is 11.9 Å². The highest BCUT2D eigenvalue weighted by molar-refractivity contribution is 5.72. The van der Waals surface area contributed by atoms with E-state index in [4.69, 9.17) is 0 Å². The molecule has 0 saturated heterocycles. The zero-order chi connectivity index (χ0) is 11.3. The lowest BCUT2D eigenvalue weighted by Crippen LogP contribution is -2.10. The molecule has 0 saturated carbocycles. The van der Waals surface area contributed by atoms with Gasteiger partial charge in [0.2, 0.25) is 0 Å². The summed E-state index contributed by atoms with van der Waals surface area (Å²) in [6.45, 7) is 12.6. The Balaban J connectivity index is 2.77. The van der Waals surface area contributed by atoms with Crippen molar-refractivity contribution in [3.8, 4) is 0 Å². The van der Waals surface area contributed by atoms with Gasteiger partial charge in [-0.3, -0.25) is 4.99 Å². The summed E-state index contributed by atoms with van der Waals surface area (Å²) in [6.07, 6.45) is 9.21. The molecular weight excluding hydrogens is 182 g/mol. The van der Waals surface area contributed by atoms with Gasteiger partial charge in [0.05, 0.1) is 0 Å². The molecule has 0 radical (unpaired) electrons. The highest BCUT2D eigenvalue weighted by Gasteiger charge is 2.15. The normalized spacial score (nSPS) is 27.8. The molecule has 1 heterocycles. The van der Waals surface area contributed by atoms with Crippen molar-refractivity contribution in [2.75, 3.05) is 0 Å². The van der Waals surface area contributed by atoms with Crippen molar-refractivity contribution >= 4 is 6.21 Å². The van der Waals surface area contributed by atoms with Crippen molar-refractivity contribution in [1.29, 1.82) is 0 Å². The van der Waals surface area contributed by atoms with E-state index >= 15 is 0 Å². The first-order chi connectivity index (χ1) is 7.11. The lowest BCUT2D eigenvalue weighted by molar-refractivity contribution is 0.411. The number of hydrogen-bond donors (Lipinski definition) is 0. The third-order valence-corrected chi connectivity index (χ3v) is 2.91. The summed E-state index contributed by atoms with van der Waals surface area (Å²) < 4.78 is 0. The van der Waals surface area contributed by atoms with Crippen LogP contribution in [-0.2, 0) is 0 Å². The smallest absolute Gasteiger partial charge is 0.0331 e. The number of hydrogen-bond acceptors (Lipinski definition) is 1. The molecule has 0 aliphatic carbocycles. The number of aliphatic imine (C=N–C) groups is 1. The van der Waals surface area contributed by atoms with E-state index in [1.54, 1.807) is 0 Å². The van der Waals surface area contributed by atoms with E-state index in [-0.39, 0.29) is 0 Å². The van der Waals surface area contributed by atoms with Crippen molar-refractivity contribution in [1.82, 2.24) is 0 Å². The molecule has 0 bridgehead atoms. The van der Waals surface area contributed by atoms with Gasteiger partial charge in [-0.05, 0) is 37.2 Å². The Morgan fingerprint density at radius 3 is 2.80 bits per heavy atom. The predicted octanol–water partition coefficient (Wildman–Crippen LogP) is 4.14. The second-order valence-electron chi connectivity index (χ2n) is 4.52. The summed E-state index contributed by atoms with van der Waals surface area (Å²) >= 11 is 0. The molecule has 1 rings (SSSR count). The summed E-state index contributed by atoms with van der Waals surface area (Å²) in [6, 6.07) is 0. The quantitative estimate of drug-likeness (QED) is 0.607. The molecule has 82 valence electrons. The minimum absolute atomic E-state index is 0.598. The lowest BCUT2D eigenvalue weighted by Gasteiger charge is -2.21. The third kappa shape index (κ3) is 3.86. The first-order valence-corrected chi connectivity index (χ1v) is 5.68. The molecule has 0 spiro atoms. The third-order valence-electron chi connectivity index (χ3n) is 2.91. The second-order valence-corrected chi connectivity index (χ2v) is 4.52. The predicted molar refractivity (Wildman–Crippen MR) is 68.1 cm³/mol. The van der Waals surface area contributed by atoms with E-state index in [1.165, 1.54) is 12.0 Å². The van der Waals surface area contributed by atoms with E-state index in [0.29, 0.717) is 11.8 Å². The molecular formula is C14H21N. The van der Waals surface area contributed by atoms with E-state index in [0.717, 1.165) is 18.5 Å². The zero-order valence-corrected chi connectivity index (χ0v) is 9.87. The maximum absolute atomic E-state index is 4.24. The van der Waals surface area contributed by atoms with Gasteiger partial charge in [0.1, 0.15) is 0 Å². The topological polar surface area (TPSA) is 12.4 Å². The van der Waals surface area contributed by atoms with Gasteiger partial charge in [-0.1, -0.05) is 38.7 Å². The highest BCUT2D eigenvalue weighted by atomic mass is 14.7. The van der Waals surface area contributed by atoms with Crippen LogP contribution in [-0.4, -0.2) is 6.21 Å². The van der Waals surface area contributed by atoms with Crippen LogP contribution in [0.4, 0.5) is 0 Å². The van der Waals surface area contributed by atoms with Gasteiger partial charge in [0.25, 0.3) is 0 Å². The molecule has 0 N–H and O–H groups in total. The molecule has 1 aliphatic rings. The van der Waals surface area contributed by atoms with Crippen LogP contribution in [0.3, 0.4) is 0 Å². The molecule has 0 aromatic carbocycles. The van der Waals surface area contributed by atoms with Crippen molar-refractivity contribution in [3.05, 3.63) is 36.6 Å². The Morgan fingerprint density at radius 1 is 1.40 bits per heavy atom. The molecule has 0 aromatic heterocycles. The fraction of sp³-hybridized carbons (Fsp3) is 0.500. The first-order valence-electron chi connectivity index (χ1n) is 5.68. The standard InChI is InChI=1S/C14H21N/c1-11(2)14-9-5-8-13(4)15-10-6-7-12(14)3/h6-7,10-11,14H,3-5,8-9H2,1-2H3/b7-6-,15-10-. The van der Waals surface area contributed by atoms with Crippen molar-refractivity contribution in [3.63, 3.8) is 0 Å². The summed E-state index contributed by atoms with van der Waals surface area (Å²) in [4.78, 5) is 4.24. The summed E-state index contributed by atoms with van der Waals surface area (Å²) in [7, 11) is 0.